The van der Waals surface area contributed by atoms with Crippen molar-refractivity contribution in [2.75, 3.05) is 46.1 Å². The summed E-state index contributed by atoms with van der Waals surface area (Å²) in [4.78, 5) is 15.0. The molecule has 0 atom stereocenters. The first kappa shape index (κ1) is 27.7. The fourth-order valence-corrected chi connectivity index (χ4v) is 3.94. The number of carbonyl (C=O) groups excluding carboxylic acids is 1. The Bertz CT molecular complexity index is 841. The topological polar surface area (TPSA) is 66.5 Å². The van der Waals surface area contributed by atoms with E-state index in [9.17, 15) is 4.79 Å². The molecule has 0 radical (unpaired) electrons. The zero-order chi connectivity index (χ0) is 25.4. The second-order valence-corrected chi connectivity index (χ2v) is 8.94. The van der Waals surface area contributed by atoms with Crippen molar-refractivity contribution in [3.8, 4) is 23.0 Å². The third kappa shape index (κ3) is 9.26. The van der Waals surface area contributed by atoms with Crippen molar-refractivity contribution in [3.05, 3.63) is 48.5 Å². The number of ether oxygens (including phenoxy) is 5. The summed E-state index contributed by atoms with van der Waals surface area (Å²) in [5, 5.41) is 0. The molecule has 1 aliphatic rings. The van der Waals surface area contributed by atoms with Crippen molar-refractivity contribution in [3.63, 3.8) is 0 Å². The van der Waals surface area contributed by atoms with E-state index in [-0.39, 0.29) is 25.7 Å². The van der Waals surface area contributed by atoms with E-state index in [0.29, 0.717) is 36.2 Å². The normalized spacial score (nSPS) is 14.3. The van der Waals surface area contributed by atoms with Gasteiger partial charge in [0, 0.05) is 13.1 Å². The number of para-hydroxylation sites is 4. The van der Waals surface area contributed by atoms with Crippen LogP contribution in [0.2, 0.25) is 0 Å². The fourth-order valence-electron chi connectivity index (χ4n) is 3.94. The SMILES string of the molecule is CCCCCN(CCCCC)C(=O)COC1COc2ccccc2OCCOc2ccccc2OC1. The van der Waals surface area contributed by atoms with E-state index < -0.39 is 6.10 Å². The van der Waals surface area contributed by atoms with Gasteiger partial charge in [-0.1, -0.05) is 63.8 Å². The molecule has 0 bridgehead atoms. The lowest BCUT2D eigenvalue weighted by atomic mass is 10.2. The summed E-state index contributed by atoms with van der Waals surface area (Å²) in [5.74, 6) is 2.53. The van der Waals surface area contributed by atoms with Crippen LogP contribution in [0.3, 0.4) is 0 Å². The number of amides is 1. The predicted octanol–water partition coefficient (Wildman–Crippen LogP) is 5.51. The van der Waals surface area contributed by atoms with E-state index in [1.165, 1.54) is 0 Å². The van der Waals surface area contributed by atoms with Gasteiger partial charge < -0.3 is 28.6 Å². The lowest BCUT2D eigenvalue weighted by Crippen LogP contribution is -2.38. The molecule has 0 N–H and O–H groups in total. The van der Waals surface area contributed by atoms with E-state index >= 15 is 0 Å². The molecule has 2 aromatic carbocycles. The highest BCUT2D eigenvalue weighted by Gasteiger charge is 2.20. The molecule has 0 spiro atoms. The van der Waals surface area contributed by atoms with E-state index in [1.54, 1.807) is 0 Å². The van der Waals surface area contributed by atoms with E-state index in [1.807, 2.05) is 53.4 Å². The van der Waals surface area contributed by atoms with Gasteiger partial charge in [0.15, 0.2) is 23.0 Å². The summed E-state index contributed by atoms with van der Waals surface area (Å²) in [6, 6.07) is 15.0. The lowest BCUT2D eigenvalue weighted by Gasteiger charge is -2.25. The zero-order valence-electron chi connectivity index (χ0n) is 21.8. The lowest BCUT2D eigenvalue weighted by molar-refractivity contribution is -0.139. The first-order valence-electron chi connectivity index (χ1n) is 13.3. The maximum atomic E-state index is 13.1. The van der Waals surface area contributed by atoms with Crippen LogP contribution in [-0.4, -0.2) is 63.0 Å². The van der Waals surface area contributed by atoms with Crippen LogP contribution < -0.4 is 18.9 Å². The Balaban J connectivity index is 1.67. The number of nitrogens with zero attached hydrogens (tertiary/aromatic N) is 1. The van der Waals surface area contributed by atoms with Crippen molar-refractivity contribution >= 4 is 5.91 Å². The summed E-state index contributed by atoms with van der Waals surface area (Å²) >= 11 is 0. The minimum Gasteiger partial charge on any atom is -0.487 e. The van der Waals surface area contributed by atoms with Gasteiger partial charge in [-0.05, 0) is 37.1 Å². The van der Waals surface area contributed by atoms with Crippen molar-refractivity contribution in [1.29, 1.82) is 0 Å². The van der Waals surface area contributed by atoms with Crippen LogP contribution in [0.15, 0.2) is 48.5 Å². The number of carbonyl (C=O) groups is 1. The number of fused-ring (bicyclic) bond motifs is 2. The maximum absolute atomic E-state index is 13.1. The molecule has 0 aromatic heterocycles. The first-order valence-corrected chi connectivity index (χ1v) is 13.3. The number of unbranched alkanes of at least 4 members (excludes halogenated alkanes) is 4. The van der Waals surface area contributed by atoms with Gasteiger partial charge in [0.2, 0.25) is 5.91 Å². The summed E-state index contributed by atoms with van der Waals surface area (Å²) in [5.41, 5.74) is 0. The summed E-state index contributed by atoms with van der Waals surface area (Å²) in [6.45, 7) is 7.06. The van der Waals surface area contributed by atoms with Crippen molar-refractivity contribution < 1.29 is 28.5 Å². The Morgan fingerprint density at radius 3 is 1.64 bits per heavy atom. The average Bonchev–Trinajstić information content (AvgIpc) is 2.92. The highest BCUT2D eigenvalue weighted by Crippen LogP contribution is 2.29. The predicted molar refractivity (Wildman–Crippen MR) is 140 cm³/mol. The molecular weight excluding hydrogens is 458 g/mol. The maximum Gasteiger partial charge on any atom is 0.248 e. The van der Waals surface area contributed by atoms with Gasteiger partial charge >= 0.3 is 0 Å². The van der Waals surface area contributed by atoms with Crippen LogP contribution in [0, 0.1) is 0 Å². The average molecular weight is 500 g/mol. The molecule has 1 amide bonds. The molecule has 0 unspecified atom stereocenters. The molecule has 0 saturated carbocycles. The molecule has 0 saturated heterocycles. The van der Waals surface area contributed by atoms with E-state index in [2.05, 4.69) is 13.8 Å². The second kappa shape index (κ2) is 15.9. The number of hydrogen-bond donors (Lipinski definition) is 0. The number of benzene rings is 2. The van der Waals surface area contributed by atoms with Gasteiger partial charge in [-0.15, -0.1) is 0 Å². The highest BCUT2D eigenvalue weighted by molar-refractivity contribution is 5.77. The van der Waals surface area contributed by atoms with Gasteiger partial charge in [0.1, 0.15) is 39.1 Å². The van der Waals surface area contributed by atoms with Gasteiger partial charge in [0.25, 0.3) is 0 Å². The largest absolute Gasteiger partial charge is 0.487 e. The Hall–Kier alpha value is -2.93. The summed E-state index contributed by atoms with van der Waals surface area (Å²) in [6.07, 6.45) is 6.05. The quantitative estimate of drug-likeness (QED) is 0.380. The van der Waals surface area contributed by atoms with Crippen LogP contribution in [-0.2, 0) is 9.53 Å². The zero-order valence-corrected chi connectivity index (χ0v) is 21.8. The Morgan fingerprint density at radius 2 is 1.19 bits per heavy atom. The Morgan fingerprint density at radius 1 is 0.750 bits per heavy atom. The monoisotopic (exact) mass is 499 g/mol. The minimum absolute atomic E-state index is 0.00801. The van der Waals surface area contributed by atoms with Crippen LogP contribution in [0.1, 0.15) is 52.4 Å². The molecule has 1 aliphatic heterocycles. The second-order valence-electron chi connectivity index (χ2n) is 8.94. The Kier molecular flexibility index (Phi) is 12.2. The van der Waals surface area contributed by atoms with Crippen molar-refractivity contribution in [2.24, 2.45) is 0 Å². The van der Waals surface area contributed by atoms with Crippen LogP contribution >= 0.6 is 0 Å². The summed E-state index contributed by atoms with van der Waals surface area (Å²) < 4.78 is 30.0. The number of hydrogen-bond acceptors (Lipinski definition) is 6. The standard InChI is InChI=1S/C29H41NO6/c1-3-5-11-17-30(18-12-6-4-2)29(31)23-34-24-21-35-27-15-9-7-13-25(27)32-19-20-33-26-14-8-10-16-28(26)36-22-24/h7-10,13-16,24H,3-6,11-12,17-23H2,1-2H3. The van der Waals surface area contributed by atoms with Gasteiger partial charge in [0.05, 0.1) is 0 Å². The minimum atomic E-state index is -0.455. The third-order valence-electron chi connectivity index (χ3n) is 6.00. The fraction of sp³-hybridized carbons (Fsp3) is 0.552. The molecule has 7 nitrogen and oxygen atoms in total. The smallest absolute Gasteiger partial charge is 0.248 e. The highest BCUT2D eigenvalue weighted by atomic mass is 16.6. The molecule has 36 heavy (non-hydrogen) atoms. The van der Waals surface area contributed by atoms with Crippen molar-refractivity contribution in [2.45, 2.75) is 58.5 Å². The molecule has 198 valence electrons. The number of rotatable bonds is 11. The summed E-state index contributed by atoms with van der Waals surface area (Å²) in [7, 11) is 0. The van der Waals surface area contributed by atoms with Gasteiger partial charge in [-0.3, -0.25) is 4.79 Å². The third-order valence-corrected chi connectivity index (χ3v) is 6.00. The van der Waals surface area contributed by atoms with Crippen molar-refractivity contribution in [1.82, 2.24) is 4.90 Å². The molecule has 0 aliphatic carbocycles. The molecule has 2 aromatic rings. The van der Waals surface area contributed by atoms with Gasteiger partial charge in [-0.2, -0.15) is 0 Å². The molecule has 1 heterocycles. The van der Waals surface area contributed by atoms with E-state index in [4.69, 9.17) is 23.7 Å². The van der Waals surface area contributed by atoms with Crippen LogP contribution in [0.25, 0.3) is 0 Å². The molecule has 3 rings (SSSR count). The van der Waals surface area contributed by atoms with Gasteiger partial charge in [-0.25, -0.2) is 0 Å². The van der Waals surface area contributed by atoms with Crippen LogP contribution in [0.5, 0.6) is 23.0 Å². The molecule has 7 heteroatoms. The van der Waals surface area contributed by atoms with Crippen LogP contribution in [0.4, 0.5) is 0 Å². The van der Waals surface area contributed by atoms with E-state index in [0.717, 1.165) is 51.6 Å². The molecular formula is C29H41NO6. The molecule has 0 fully saturated rings. The first-order chi connectivity index (χ1) is 17.7. The Labute approximate surface area is 215 Å².